The third-order valence-corrected chi connectivity index (χ3v) is 5.82. The predicted octanol–water partition coefficient (Wildman–Crippen LogP) is 2.04. The number of benzene rings is 1. The van der Waals surface area contributed by atoms with Crippen molar-refractivity contribution in [1.29, 1.82) is 5.41 Å². The van der Waals surface area contributed by atoms with Crippen molar-refractivity contribution in [2.24, 2.45) is 11.1 Å². The van der Waals surface area contributed by atoms with E-state index in [1.165, 1.54) is 6.07 Å². The number of amides is 2. The standard InChI is InChI=1S/C21H31N5O4/c1-2-21(9-4-3-5-10-21)16(12-18(28)29)26-17(27)13-24-19(30)14-7-6-8-15(11-14)25-20(22)23/h6-8,11,16H,2-5,9-10,12-13H2,1H3,(H,24,30)(H,26,27)(H,28,29)(H4,22,23,25). The van der Waals surface area contributed by atoms with E-state index in [2.05, 4.69) is 16.0 Å². The Balaban J connectivity index is 1.99. The van der Waals surface area contributed by atoms with E-state index >= 15 is 0 Å². The van der Waals surface area contributed by atoms with Crippen LogP contribution in [0.15, 0.2) is 24.3 Å². The molecule has 0 bridgehead atoms. The number of carbonyl (C=O) groups excluding carboxylic acids is 2. The molecule has 1 aliphatic rings. The SMILES string of the molecule is CCC1(C(CC(=O)O)NC(=O)CNC(=O)c2cccc(NC(=N)N)c2)CCCCC1. The summed E-state index contributed by atoms with van der Waals surface area (Å²) in [5, 5.41) is 24.6. The molecule has 0 aliphatic heterocycles. The van der Waals surface area contributed by atoms with Crippen LogP contribution in [0.25, 0.3) is 0 Å². The van der Waals surface area contributed by atoms with E-state index < -0.39 is 23.8 Å². The monoisotopic (exact) mass is 417 g/mol. The van der Waals surface area contributed by atoms with Gasteiger partial charge in [0.2, 0.25) is 5.91 Å². The Morgan fingerprint density at radius 3 is 2.53 bits per heavy atom. The van der Waals surface area contributed by atoms with Gasteiger partial charge in [-0.1, -0.05) is 32.3 Å². The Morgan fingerprint density at radius 2 is 1.93 bits per heavy atom. The molecule has 9 nitrogen and oxygen atoms in total. The fraction of sp³-hybridized carbons (Fsp3) is 0.524. The maximum Gasteiger partial charge on any atom is 0.305 e. The summed E-state index contributed by atoms with van der Waals surface area (Å²) in [5.41, 5.74) is 5.87. The first-order valence-corrected chi connectivity index (χ1v) is 10.3. The summed E-state index contributed by atoms with van der Waals surface area (Å²) in [6, 6.07) is 5.94. The van der Waals surface area contributed by atoms with Gasteiger partial charge in [-0.25, -0.2) is 0 Å². The summed E-state index contributed by atoms with van der Waals surface area (Å²) in [5.74, 6) is -2.05. The predicted molar refractivity (Wildman–Crippen MR) is 114 cm³/mol. The van der Waals surface area contributed by atoms with Crippen LogP contribution in [0.3, 0.4) is 0 Å². The second kappa shape index (κ2) is 10.6. The lowest BCUT2D eigenvalue weighted by Crippen LogP contribution is -2.52. The van der Waals surface area contributed by atoms with Crippen LogP contribution >= 0.6 is 0 Å². The van der Waals surface area contributed by atoms with Crippen LogP contribution in [0.1, 0.15) is 62.2 Å². The van der Waals surface area contributed by atoms with E-state index in [1.807, 2.05) is 6.92 Å². The summed E-state index contributed by atoms with van der Waals surface area (Å²) >= 11 is 0. The molecular weight excluding hydrogens is 386 g/mol. The average molecular weight is 418 g/mol. The second-order valence-electron chi connectivity index (χ2n) is 7.80. The molecular formula is C21H31N5O4. The summed E-state index contributed by atoms with van der Waals surface area (Å²) < 4.78 is 0. The van der Waals surface area contributed by atoms with Gasteiger partial charge in [0, 0.05) is 17.3 Å². The number of nitrogens with one attached hydrogen (secondary N) is 4. The second-order valence-corrected chi connectivity index (χ2v) is 7.80. The molecule has 0 heterocycles. The average Bonchev–Trinajstić information content (AvgIpc) is 2.71. The number of aliphatic carboxylic acids is 1. The van der Waals surface area contributed by atoms with Gasteiger partial charge in [0.1, 0.15) is 0 Å². The number of anilines is 1. The number of hydrogen-bond acceptors (Lipinski definition) is 4. The van der Waals surface area contributed by atoms with E-state index in [0.29, 0.717) is 11.3 Å². The van der Waals surface area contributed by atoms with Gasteiger partial charge in [0.15, 0.2) is 5.96 Å². The first-order chi connectivity index (χ1) is 14.3. The minimum Gasteiger partial charge on any atom is -0.481 e. The van der Waals surface area contributed by atoms with Crippen molar-refractivity contribution < 1.29 is 19.5 Å². The molecule has 0 spiro atoms. The number of hydrogen-bond donors (Lipinski definition) is 6. The third-order valence-electron chi connectivity index (χ3n) is 5.82. The smallest absolute Gasteiger partial charge is 0.305 e. The third kappa shape index (κ3) is 6.47. The Labute approximate surface area is 176 Å². The molecule has 1 aliphatic carbocycles. The van der Waals surface area contributed by atoms with Gasteiger partial charge in [0.25, 0.3) is 5.91 Å². The molecule has 7 N–H and O–H groups in total. The molecule has 0 aromatic heterocycles. The van der Waals surface area contributed by atoms with Gasteiger partial charge < -0.3 is 26.8 Å². The molecule has 1 saturated carbocycles. The highest BCUT2D eigenvalue weighted by Crippen LogP contribution is 2.43. The van der Waals surface area contributed by atoms with Crippen molar-refractivity contribution in [2.45, 2.75) is 57.9 Å². The quantitative estimate of drug-likeness (QED) is 0.266. The first-order valence-electron chi connectivity index (χ1n) is 10.3. The number of carbonyl (C=O) groups is 3. The van der Waals surface area contributed by atoms with Crippen LogP contribution in [0.2, 0.25) is 0 Å². The van der Waals surface area contributed by atoms with Crippen LogP contribution in [-0.4, -0.2) is 41.4 Å². The maximum absolute atomic E-state index is 12.5. The number of guanidine groups is 1. The van der Waals surface area contributed by atoms with Crippen LogP contribution in [-0.2, 0) is 9.59 Å². The summed E-state index contributed by atoms with van der Waals surface area (Å²) in [4.78, 5) is 36.3. The van der Waals surface area contributed by atoms with Crippen molar-refractivity contribution in [1.82, 2.24) is 10.6 Å². The molecule has 30 heavy (non-hydrogen) atoms. The van der Waals surface area contributed by atoms with E-state index in [-0.39, 0.29) is 24.3 Å². The van der Waals surface area contributed by atoms with Crippen LogP contribution in [0.4, 0.5) is 5.69 Å². The molecule has 0 saturated heterocycles. The molecule has 164 valence electrons. The van der Waals surface area contributed by atoms with E-state index in [0.717, 1.165) is 38.5 Å². The lowest BCUT2D eigenvalue weighted by Gasteiger charge is -2.43. The maximum atomic E-state index is 12.5. The minimum absolute atomic E-state index is 0.133. The van der Waals surface area contributed by atoms with Crippen molar-refractivity contribution >= 4 is 29.4 Å². The van der Waals surface area contributed by atoms with Gasteiger partial charge in [-0.15, -0.1) is 0 Å². The molecule has 1 aromatic carbocycles. The molecule has 9 heteroatoms. The highest BCUT2D eigenvalue weighted by atomic mass is 16.4. The zero-order valence-electron chi connectivity index (χ0n) is 17.3. The Bertz CT molecular complexity index is 789. The number of carboxylic acids is 1. The normalized spacial score (nSPS) is 16.2. The molecule has 1 fully saturated rings. The molecule has 2 rings (SSSR count). The fourth-order valence-corrected chi connectivity index (χ4v) is 4.20. The minimum atomic E-state index is -0.947. The van der Waals surface area contributed by atoms with Gasteiger partial charge in [0.05, 0.1) is 13.0 Å². The fourth-order valence-electron chi connectivity index (χ4n) is 4.20. The van der Waals surface area contributed by atoms with Gasteiger partial charge in [-0.3, -0.25) is 19.8 Å². The first kappa shape index (κ1) is 23.2. The number of nitrogens with two attached hydrogens (primary N) is 1. The zero-order chi connectivity index (χ0) is 22.1. The Kier molecular flexibility index (Phi) is 8.20. The van der Waals surface area contributed by atoms with Crippen LogP contribution < -0.4 is 21.7 Å². The van der Waals surface area contributed by atoms with Gasteiger partial charge in [-0.05, 0) is 42.9 Å². The largest absolute Gasteiger partial charge is 0.481 e. The van der Waals surface area contributed by atoms with E-state index in [4.69, 9.17) is 11.1 Å². The summed E-state index contributed by atoms with van der Waals surface area (Å²) in [6.07, 6.45) is 5.64. The van der Waals surface area contributed by atoms with Crippen molar-refractivity contribution in [3.63, 3.8) is 0 Å². The van der Waals surface area contributed by atoms with Crippen molar-refractivity contribution in [3.8, 4) is 0 Å². The summed E-state index contributed by atoms with van der Waals surface area (Å²) in [6.45, 7) is 1.79. The summed E-state index contributed by atoms with van der Waals surface area (Å²) in [7, 11) is 0. The zero-order valence-corrected chi connectivity index (χ0v) is 17.3. The molecule has 1 aromatic rings. The molecule has 1 unspecified atom stereocenters. The van der Waals surface area contributed by atoms with Crippen molar-refractivity contribution in [2.75, 3.05) is 11.9 Å². The topological polar surface area (TPSA) is 157 Å². The number of rotatable bonds is 9. The highest BCUT2D eigenvalue weighted by molar-refractivity contribution is 5.98. The Hall–Kier alpha value is -3.10. The van der Waals surface area contributed by atoms with Gasteiger partial charge >= 0.3 is 5.97 Å². The van der Waals surface area contributed by atoms with E-state index in [1.54, 1.807) is 18.2 Å². The lowest BCUT2D eigenvalue weighted by molar-refractivity contribution is -0.139. The van der Waals surface area contributed by atoms with Gasteiger partial charge in [-0.2, -0.15) is 0 Å². The Morgan fingerprint density at radius 1 is 1.23 bits per heavy atom. The van der Waals surface area contributed by atoms with E-state index in [9.17, 15) is 19.5 Å². The molecule has 2 amide bonds. The lowest BCUT2D eigenvalue weighted by atomic mass is 9.66. The van der Waals surface area contributed by atoms with Crippen molar-refractivity contribution in [3.05, 3.63) is 29.8 Å². The molecule has 1 atom stereocenters. The van der Waals surface area contributed by atoms with Crippen LogP contribution in [0, 0.1) is 10.8 Å². The molecule has 0 radical (unpaired) electrons. The highest BCUT2D eigenvalue weighted by Gasteiger charge is 2.40. The van der Waals surface area contributed by atoms with Crippen LogP contribution in [0.5, 0.6) is 0 Å². The number of carboxylic acid groups (broad SMARTS) is 1.